The zero-order chi connectivity index (χ0) is 19.8. The second-order valence-electron chi connectivity index (χ2n) is 7.35. The van der Waals surface area contributed by atoms with Gasteiger partial charge in [0.1, 0.15) is 12.2 Å². The van der Waals surface area contributed by atoms with Crippen molar-refractivity contribution in [2.75, 3.05) is 26.7 Å². The number of carbonyl (C=O) groups is 2. The molecule has 148 valence electrons. The van der Waals surface area contributed by atoms with Gasteiger partial charge in [-0.15, -0.1) is 0 Å². The van der Waals surface area contributed by atoms with Gasteiger partial charge in [-0.25, -0.2) is 9.69 Å². The van der Waals surface area contributed by atoms with Crippen LogP contribution in [0.2, 0.25) is 0 Å². The van der Waals surface area contributed by atoms with Crippen LogP contribution in [0.5, 0.6) is 0 Å². The van der Waals surface area contributed by atoms with Crippen molar-refractivity contribution in [1.82, 2.24) is 25.0 Å². The molecule has 2 saturated heterocycles. The van der Waals surface area contributed by atoms with Crippen LogP contribution in [0, 0.1) is 0 Å². The molecular weight excluding hydrogens is 356 g/mol. The van der Waals surface area contributed by atoms with E-state index in [1.807, 2.05) is 61.3 Å². The fraction of sp³-hybridized carbons (Fsp3) is 0.450. The van der Waals surface area contributed by atoms with Crippen LogP contribution in [-0.2, 0) is 4.79 Å². The maximum absolute atomic E-state index is 13.3. The van der Waals surface area contributed by atoms with Gasteiger partial charge < -0.3 is 4.90 Å². The molecule has 8 nitrogen and oxygen atoms in total. The molecule has 4 rings (SSSR count). The Morgan fingerprint density at radius 1 is 1.25 bits per heavy atom. The minimum absolute atomic E-state index is 0.161. The van der Waals surface area contributed by atoms with Gasteiger partial charge in [0.15, 0.2) is 6.29 Å². The van der Waals surface area contributed by atoms with Crippen LogP contribution in [-0.4, -0.2) is 82.5 Å². The van der Waals surface area contributed by atoms with Gasteiger partial charge in [-0.3, -0.25) is 20.0 Å². The first-order chi connectivity index (χ1) is 13.5. The molecule has 3 atom stereocenters. The second-order valence-corrected chi connectivity index (χ2v) is 7.35. The summed E-state index contributed by atoms with van der Waals surface area (Å²) >= 11 is 0. The van der Waals surface area contributed by atoms with Gasteiger partial charge in [0.05, 0.1) is 0 Å². The lowest BCUT2D eigenvalue weighted by Gasteiger charge is -2.42. The van der Waals surface area contributed by atoms with Crippen molar-refractivity contribution in [3.63, 3.8) is 0 Å². The highest BCUT2D eigenvalue weighted by molar-refractivity contribution is 6.01. The van der Waals surface area contributed by atoms with Crippen LogP contribution in [0.1, 0.15) is 19.4 Å². The van der Waals surface area contributed by atoms with Gasteiger partial charge in [-0.2, -0.15) is 5.10 Å². The summed E-state index contributed by atoms with van der Waals surface area (Å²) in [6.07, 6.45) is 3.26. The van der Waals surface area contributed by atoms with Crippen LogP contribution in [0.25, 0.3) is 6.08 Å². The van der Waals surface area contributed by atoms with Gasteiger partial charge >= 0.3 is 6.03 Å². The number of fused-ring (bicyclic) bond motifs is 3. The van der Waals surface area contributed by atoms with Crippen LogP contribution in [0.3, 0.4) is 0 Å². The maximum Gasteiger partial charge on any atom is 0.328 e. The van der Waals surface area contributed by atoms with E-state index in [2.05, 4.69) is 15.3 Å². The number of hydrazone groups is 1. The molecule has 2 fully saturated rings. The lowest BCUT2D eigenvalue weighted by molar-refractivity contribution is -0.138. The monoisotopic (exact) mass is 382 g/mol. The van der Waals surface area contributed by atoms with Crippen LogP contribution >= 0.6 is 0 Å². The molecule has 3 heterocycles. The minimum atomic E-state index is -0.419. The number of hydrogen-bond donors (Lipinski definition) is 1. The first kappa shape index (κ1) is 18.6. The van der Waals surface area contributed by atoms with E-state index in [0.717, 1.165) is 17.8 Å². The predicted octanol–water partition coefficient (Wildman–Crippen LogP) is 1.19. The number of urea groups is 1. The van der Waals surface area contributed by atoms with E-state index >= 15 is 0 Å². The first-order valence-corrected chi connectivity index (χ1v) is 9.63. The summed E-state index contributed by atoms with van der Waals surface area (Å²) in [7, 11) is 1.75. The average molecular weight is 382 g/mol. The van der Waals surface area contributed by atoms with Crippen molar-refractivity contribution < 1.29 is 9.59 Å². The Hall–Kier alpha value is -2.71. The summed E-state index contributed by atoms with van der Waals surface area (Å²) in [5.74, 6) is -0.161. The van der Waals surface area contributed by atoms with E-state index in [9.17, 15) is 9.59 Å². The Balaban J connectivity index is 1.55. The molecule has 0 aliphatic carbocycles. The zero-order valence-electron chi connectivity index (χ0n) is 16.4. The van der Waals surface area contributed by atoms with Gasteiger partial charge in [0, 0.05) is 32.4 Å². The van der Waals surface area contributed by atoms with Gasteiger partial charge in [0.2, 0.25) is 0 Å². The van der Waals surface area contributed by atoms with Crippen molar-refractivity contribution in [3.8, 4) is 0 Å². The van der Waals surface area contributed by atoms with Crippen molar-refractivity contribution in [2.24, 2.45) is 5.10 Å². The summed E-state index contributed by atoms with van der Waals surface area (Å²) in [6, 6.07) is 9.14. The number of carbonyl (C=O) groups excluding carboxylic acids is 2. The molecule has 28 heavy (non-hydrogen) atoms. The number of nitrogens with one attached hydrogen (secondary N) is 1. The average Bonchev–Trinajstić information content (AvgIpc) is 3.08. The molecule has 3 amide bonds. The summed E-state index contributed by atoms with van der Waals surface area (Å²) in [5, 5.41) is 9.93. The Bertz CT molecular complexity index is 823. The fourth-order valence-electron chi connectivity index (χ4n) is 4.12. The summed E-state index contributed by atoms with van der Waals surface area (Å²) in [4.78, 5) is 31.2. The smallest absolute Gasteiger partial charge is 0.310 e. The Morgan fingerprint density at radius 2 is 2.00 bits per heavy atom. The molecule has 0 saturated carbocycles. The van der Waals surface area contributed by atoms with Crippen LogP contribution < -0.4 is 5.32 Å². The lowest BCUT2D eigenvalue weighted by atomic mass is 10.1. The van der Waals surface area contributed by atoms with E-state index in [0.29, 0.717) is 6.54 Å². The standard InChI is InChI=1S/C20H26N6O2/c1-4-26-19-21-17-16(25(19)13-14(2)22-26)18(27)24(20(28)23(17)3)12-8-11-15-9-6-5-7-10-15/h5-11,16-17,19,21H,4,12-13H2,1-3H3/b11-8+. The molecule has 1 N–H and O–H groups in total. The van der Waals surface area contributed by atoms with Gasteiger partial charge in [-0.1, -0.05) is 42.5 Å². The number of hydrogen-bond acceptors (Lipinski definition) is 6. The molecule has 0 spiro atoms. The highest BCUT2D eigenvalue weighted by Gasteiger charge is 2.55. The van der Waals surface area contributed by atoms with Crippen molar-refractivity contribution >= 4 is 23.7 Å². The molecule has 3 unspecified atom stereocenters. The number of imide groups is 1. The minimum Gasteiger partial charge on any atom is -0.310 e. The molecular formula is C20H26N6O2. The zero-order valence-corrected chi connectivity index (χ0v) is 16.4. The largest absolute Gasteiger partial charge is 0.328 e. The van der Waals surface area contributed by atoms with Crippen molar-refractivity contribution in [1.29, 1.82) is 0 Å². The highest BCUT2D eigenvalue weighted by Crippen LogP contribution is 2.30. The molecule has 1 aromatic carbocycles. The number of benzene rings is 1. The number of rotatable bonds is 4. The van der Waals surface area contributed by atoms with Crippen molar-refractivity contribution in [2.45, 2.75) is 32.3 Å². The van der Waals surface area contributed by atoms with Gasteiger partial charge in [-0.05, 0) is 19.4 Å². The van der Waals surface area contributed by atoms with Crippen LogP contribution in [0.4, 0.5) is 4.79 Å². The topological polar surface area (TPSA) is 71.5 Å². The third kappa shape index (κ3) is 3.08. The highest BCUT2D eigenvalue weighted by atomic mass is 16.2. The fourth-order valence-corrected chi connectivity index (χ4v) is 4.12. The van der Waals surface area contributed by atoms with E-state index in [-0.39, 0.29) is 30.9 Å². The Kier molecular flexibility index (Phi) is 4.91. The van der Waals surface area contributed by atoms with E-state index in [1.165, 1.54) is 4.90 Å². The molecule has 0 aromatic heterocycles. The third-order valence-corrected chi connectivity index (χ3v) is 5.47. The molecule has 3 aliphatic rings. The molecule has 8 heteroatoms. The van der Waals surface area contributed by atoms with E-state index in [1.54, 1.807) is 11.9 Å². The molecule has 0 radical (unpaired) electrons. The SMILES string of the molecule is CCN1N=C(C)CN2C3C(=O)N(C/C=C/c4ccccc4)C(=O)N(C)C3NC12. The summed E-state index contributed by atoms with van der Waals surface area (Å²) in [6.45, 7) is 5.58. The summed E-state index contributed by atoms with van der Waals surface area (Å²) < 4.78 is 0. The number of nitrogens with zero attached hydrogens (tertiary/aromatic N) is 5. The first-order valence-electron chi connectivity index (χ1n) is 9.63. The van der Waals surface area contributed by atoms with Crippen LogP contribution in [0.15, 0.2) is 41.5 Å². The predicted molar refractivity (Wildman–Crippen MR) is 107 cm³/mol. The molecule has 3 aliphatic heterocycles. The van der Waals surface area contributed by atoms with E-state index < -0.39 is 6.04 Å². The van der Waals surface area contributed by atoms with E-state index in [4.69, 9.17) is 0 Å². The Morgan fingerprint density at radius 3 is 2.71 bits per heavy atom. The molecule has 1 aromatic rings. The normalized spacial score (nSPS) is 28.0. The Labute approximate surface area is 165 Å². The second kappa shape index (κ2) is 7.37. The third-order valence-electron chi connectivity index (χ3n) is 5.47. The summed E-state index contributed by atoms with van der Waals surface area (Å²) in [5.41, 5.74) is 2.00. The maximum atomic E-state index is 13.3. The van der Waals surface area contributed by atoms with Crippen molar-refractivity contribution in [3.05, 3.63) is 42.0 Å². The molecule has 0 bridgehead atoms. The number of likely N-dealkylation sites (N-methyl/N-ethyl adjacent to an activating group) is 1. The number of amides is 3. The lowest BCUT2D eigenvalue weighted by Crippen LogP contribution is -2.66. The quantitative estimate of drug-likeness (QED) is 0.847. The van der Waals surface area contributed by atoms with Gasteiger partial charge in [0.25, 0.3) is 5.91 Å².